The highest BCUT2D eigenvalue weighted by Gasteiger charge is 2.21. The number of phosphoric ester groups is 1. The van der Waals surface area contributed by atoms with E-state index in [1.807, 2.05) is 56.3 Å². The van der Waals surface area contributed by atoms with E-state index < -0.39 is 13.9 Å². The van der Waals surface area contributed by atoms with Gasteiger partial charge in [-0.3, -0.25) is 4.52 Å². The predicted molar refractivity (Wildman–Crippen MR) is 125 cm³/mol. The van der Waals surface area contributed by atoms with Crippen molar-refractivity contribution in [2.45, 2.75) is 65.3 Å². The minimum absolute atomic E-state index is 0.158. The van der Waals surface area contributed by atoms with Crippen molar-refractivity contribution >= 4 is 35.8 Å². The van der Waals surface area contributed by atoms with Crippen LogP contribution in [0.5, 0.6) is 0 Å². The monoisotopic (exact) mass is 439 g/mol. The summed E-state index contributed by atoms with van der Waals surface area (Å²) >= 11 is 5.48. The maximum Gasteiger partial charge on any atom is 0.469 e. The zero-order valence-corrected chi connectivity index (χ0v) is 19.3. The Morgan fingerprint density at radius 3 is 2.41 bits per heavy atom. The second kappa shape index (κ2) is 13.8. The van der Waals surface area contributed by atoms with E-state index in [0.717, 1.165) is 35.6 Å². The lowest BCUT2D eigenvalue weighted by Crippen LogP contribution is -2.30. The van der Waals surface area contributed by atoms with Crippen LogP contribution in [-0.2, 0) is 9.09 Å². The quantitative estimate of drug-likeness (QED) is 0.217. The predicted octanol–water partition coefficient (Wildman–Crippen LogP) is 6.29. The number of nitrogens with one attached hydrogen (secondary N) is 1. The van der Waals surface area contributed by atoms with Crippen molar-refractivity contribution in [3.8, 4) is 0 Å². The Morgan fingerprint density at radius 1 is 1.07 bits per heavy atom. The van der Waals surface area contributed by atoms with E-state index in [9.17, 15) is 4.57 Å². The van der Waals surface area contributed by atoms with Crippen molar-refractivity contribution in [1.29, 1.82) is 0 Å². The molecular formula is C22H34NO4PS. The van der Waals surface area contributed by atoms with Crippen LogP contribution >= 0.6 is 20.0 Å². The Bertz CT molecular complexity index is 788. The van der Waals surface area contributed by atoms with Crippen LogP contribution in [0.1, 0.15) is 70.9 Å². The van der Waals surface area contributed by atoms with Gasteiger partial charge in [-0.1, -0.05) is 101 Å². The molecule has 0 saturated carbocycles. The van der Waals surface area contributed by atoms with Crippen molar-refractivity contribution in [2.75, 3.05) is 6.61 Å². The van der Waals surface area contributed by atoms with Gasteiger partial charge in [-0.25, -0.2) is 4.57 Å². The van der Waals surface area contributed by atoms with Crippen molar-refractivity contribution in [3.05, 3.63) is 48.0 Å². The molecule has 1 atom stereocenters. The molecule has 0 bridgehead atoms. The van der Waals surface area contributed by atoms with E-state index >= 15 is 0 Å². The van der Waals surface area contributed by atoms with Gasteiger partial charge >= 0.3 is 7.82 Å². The molecular weight excluding hydrogens is 405 g/mol. The van der Waals surface area contributed by atoms with E-state index in [0.29, 0.717) is 4.99 Å². The van der Waals surface area contributed by atoms with E-state index in [-0.39, 0.29) is 6.61 Å². The standard InChI is InChI=1S/C20H28NO4PS.C2H6/c1-2-3-4-5-6-14-20(27)21-19(15-25-26(22,23)24)18-13-9-11-16-10-7-8-12-17(16)18;1-2/h7-13,19H,2-6,14-15H2,1H3,(H,21,27)(H2,22,23,24);1-2H3. The number of hydrogen-bond acceptors (Lipinski definition) is 3. The highest BCUT2D eigenvalue weighted by Crippen LogP contribution is 2.37. The fraction of sp³-hybridized carbons (Fsp3) is 0.500. The average molecular weight is 440 g/mol. The van der Waals surface area contributed by atoms with Crippen molar-refractivity contribution in [2.24, 2.45) is 0 Å². The van der Waals surface area contributed by atoms with Gasteiger partial charge in [0.25, 0.3) is 0 Å². The molecule has 0 aliphatic carbocycles. The van der Waals surface area contributed by atoms with Gasteiger partial charge in [0.15, 0.2) is 0 Å². The summed E-state index contributed by atoms with van der Waals surface area (Å²) in [6.07, 6.45) is 6.53. The molecule has 0 amide bonds. The molecule has 0 aliphatic heterocycles. The van der Waals surface area contributed by atoms with Gasteiger partial charge in [-0.2, -0.15) is 0 Å². The molecule has 2 rings (SSSR count). The van der Waals surface area contributed by atoms with Crippen molar-refractivity contribution in [3.63, 3.8) is 0 Å². The molecule has 162 valence electrons. The zero-order valence-electron chi connectivity index (χ0n) is 17.6. The molecule has 0 radical (unpaired) electrons. The molecule has 7 heteroatoms. The number of benzene rings is 2. The first kappa shape index (κ1) is 25.7. The number of phosphoric acid groups is 1. The topological polar surface area (TPSA) is 78.8 Å². The third kappa shape index (κ3) is 9.83. The maximum absolute atomic E-state index is 11.2. The van der Waals surface area contributed by atoms with Crippen LogP contribution in [-0.4, -0.2) is 21.4 Å². The zero-order chi connectivity index (χ0) is 21.7. The molecule has 2 aromatic rings. The van der Waals surface area contributed by atoms with Crippen LogP contribution in [0.2, 0.25) is 0 Å². The Morgan fingerprint density at radius 2 is 1.72 bits per heavy atom. The smallest absolute Gasteiger partial charge is 0.370 e. The van der Waals surface area contributed by atoms with Crippen molar-refractivity contribution in [1.82, 2.24) is 5.32 Å². The molecule has 1 unspecified atom stereocenters. The second-order valence-corrected chi connectivity index (χ2v) is 8.37. The minimum Gasteiger partial charge on any atom is -0.370 e. The van der Waals surface area contributed by atoms with Gasteiger partial charge in [0.05, 0.1) is 17.6 Å². The summed E-state index contributed by atoms with van der Waals surface area (Å²) in [6, 6.07) is 13.3. The van der Waals surface area contributed by atoms with Crippen LogP contribution in [0, 0.1) is 0 Å². The molecule has 0 heterocycles. The molecule has 0 aliphatic rings. The lowest BCUT2D eigenvalue weighted by atomic mass is 9.99. The summed E-state index contributed by atoms with van der Waals surface area (Å²) in [4.78, 5) is 18.9. The van der Waals surface area contributed by atoms with Crippen LogP contribution < -0.4 is 5.32 Å². The SMILES string of the molecule is CC.CCCCCCCC(=S)NC(COP(=O)(O)O)c1cccc2ccccc12. The molecule has 0 spiro atoms. The van der Waals surface area contributed by atoms with Gasteiger partial charge in [0.2, 0.25) is 0 Å². The lowest BCUT2D eigenvalue weighted by Gasteiger charge is -2.22. The number of thiocarbonyl (C=S) groups is 1. The Labute approximate surface area is 180 Å². The van der Waals surface area contributed by atoms with Gasteiger partial charge in [-0.15, -0.1) is 0 Å². The fourth-order valence-corrected chi connectivity index (χ4v) is 3.72. The van der Waals surface area contributed by atoms with Crippen molar-refractivity contribution < 1.29 is 18.9 Å². The number of rotatable bonds is 11. The molecule has 0 saturated heterocycles. The van der Waals surface area contributed by atoms with E-state index in [1.165, 1.54) is 19.3 Å². The normalized spacial score (nSPS) is 12.2. The summed E-state index contributed by atoms with van der Waals surface area (Å²) < 4.78 is 16.0. The highest BCUT2D eigenvalue weighted by molar-refractivity contribution is 7.80. The number of fused-ring (bicyclic) bond motifs is 1. The van der Waals surface area contributed by atoms with E-state index in [4.69, 9.17) is 26.5 Å². The molecule has 2 aromatic carbocycles. The number of unbranched alkanes of at least 4 members (excludes halogenated alkanes) is 4. The molecule has 5 nitrogen and oxygen atoms in total. The molecule has 0 fully saturated rings. The van der Waals surface area contributed by atoms with Crippen LogP contribution in [0.4, 0.5) is 0 Å². The Kier molecular flexibility index (Phi) is 12.3. The van der Waals surface area contributed by atoms with E-state index in [1.54, 1.807) is 0 Å². The third-order valence-corrected chi connectivity index (χ3v) is 5.26. The summed E-state index contributed by atoms with van der Waals surface area (Å²) in [5.41, 5.74) is 0.912. The lowest BCUT2D eigenvalue weighted by molar-refractivity contribution is 0.182. The first-order chi connectivity index (χ1) is 13.9. The third-order valence-electron chi connectivity index (χ3n) is 4.45. The van der Waals surface area contributed by atoms with Crippen LogP contribution in [0.25, 0.3) is 10.8 Å². The molecule has 3 N–H and O–H groups in total. The maximum atomic E-state index is 11.2. The highest BCUT2D eigenvalue weighted by atomic mass is 32.1. The Hall–Kier alpha value is -1.30. The van der Waals surface area contributed by atoms with Gasteiger partial charge in [0, 0.05) is 0 Å². The number of hydrogen-bond donors (Lipinski definition) is 3. The van der Waals surface area contributed by atoms with Crippen LogP contribution in [0.3, 0.4) is 0 Å². The van der Waals surface area contributed by atoms with Gasteiger partial charge < -0.3 is 15.1 Å². The summed E-state index contributed by atoms with van der Waals surface area (Å²) in [5.74, 6) is 0. The van der Waals surface area contributed by atoms with Gasteiger partial charge in [0.1, 0.15) is 0 Å². The minimum atomic E-state index is -4.56. The summed E-state index contributed by atoms with van der Waals surface area (Å²) in [5, 5.41) is 5.32. The largest absolute Gasteiger partial charge is 0.469 e. The second-order valence-electron chi connectivity index (χ2n) is 6.64. The Balaban J connectivity index is 0.00000204. The summed E-state index contributed by atoms with van der Waals surface area (Å²) in [6.45, 7) is 6.02. The first-order valence-electron chi connectivity index (χ1n) is 10.4. The van der Waals surface area contributed by atoms with Crippen LogP contribution in [0.15, 0.2) is 42.5 Å². The first-order valence-corrected chi connectivity index (χ1v) is 12.3. The molecule has 0 aromatic heterocycles. The fourth-order valence-electron chi connectivity index (χ4n) is 3.09. The van der Waals surface area contributed by atoms with Gasteiger partial charge in [-0.05, 0) is 29.2 Å². The van der Waals surface area contributed by atoms with E-state index in [2.05, 4.69) is 12.2 Å². The summed E-state index contributed by atoms with van der Waals surface area (Å²) in [7, 11) is -4.56. The molecule has 29 heavy (non-hydrogen) atoms. The average Bonchev–Trinajstić information content (AvgIpc) is 2.71.